The number of carboxylic acids is 2. The number of hydrogen-bond acceptors (Lipinski definition) is 3. The van der Waals surface area contributed by atoms with E-state index in [-0.39, 0.29) is 24.0 Å². The summed E-state index contributed by atoms with van der Waals surface area (Å²) in [6, 6.07) is 0. The second-order valence-electron chi connectivity index (χ2n) is 3.58. The van der Waals surface area contributed by atoms with Gasteiger partial charge in [0.2, 0.25) is 0 Å². The molecule has 0 rings (SSSR count). The average Bonchev–Trinajstić information content (AvgIpc) is 2.37. The van der Waals surface area contributed by atoms with E-state index >= 15 is 0 Å². The predicted molar refractivity (Wildman–Crippen MR) is 69.1 cm³/mol. The number of aliphatic carboxylic acids is 2. The van der Waals surface area contributed by atoms with E-state index in [0.717, 1.165) is 23.4 Å². The first-order chi connectivity index (χ1) is 8.87. The lowest BCUT2D eigenvalue weighted by Crippen LogP contribution is -2.21. The SMILES string of the molecule is C=CC(=O)N(C=C(CC)C(=O)O)C=C(CC)C(=O)O. The summed E-state index contributed by atoms with van der Waals surface area (Å²) in [5.74, 6) is -2.92. The third-order valence-electron chi connectivity index (χ3n) is 2.33. The molecule has 0 aliphatic heterocycles. The maximum absolute atomic E-state index is 11.6. The molecule has 0 unspecified atom stereocenters. The lowest BCUT2D eigenvalue weighted by molar-refractivity contribution is -0.133. The fourth-order valence-electron chi connectivity index (χ4n) is 1.20. The molecule has 0 bridgehead atoms. The summed E-state index contributed by atoms with van der Waals surface area (Å²) in [6.07, 6.45) is 3.60. The lowest BCUT2D eigenvalue weighted by atomic mass is 10.2. The molecule has 0 aromatic heterocycles. The second-order valence-corrected chi connectivity index (χ2v) is 3.58. The van der Waals surface area contributed by atoms with Gasteiger partial charge in [-0.1, -0.05) is 20.4 Å². The van der Waals surface area contributed by atoms with Crippen LogP contribution < -0.4 is 0 Å². The summed E-state index contributed by atoms with van der Waals surface area (Å²) in [4.78, 5) is 34.3. The maximum atomic E-state index is 11.6. The first kappa shape index (κ1) is 16.6. The Bertz CT molecular complexity index is 416. The van der Waals surface area contributed by atoms with E-state index in [1.807, 2.05) is 0 Å². The zero-order chi connectivity index (χ0) is 15.0. The maximum Gasteiger partial charge on any atom is 0.333 e. The number of rotatable bonds is 7. The van der Waals surface area contributed by atoms with Crippen molar-refractivity contribution in [2.45, 2.75) is 26.7 Å². The summed E-state index contributed by atoms with van der Waals surface area (Å²) >= 11 is 0. The molecule has 0 saturated carbocycles. The Hall–Kier alpha value is -2.37. The van der Waals surface area contributed by atoms with Gasteiger partial charge in [-0.15, -0.1) is 0 Å². The van der Waals surface area contributed by atoms with Gasteiger partial charge >= 0.3 is 11.9 Å². The number of carbonyl (C=O) groups excluding carboxylic acids is 1. The predicted octanol–water partition coefficient (Wildman–Crippen LogP) is 1.76. The van der Waals surface area contributed by atoms with Crippen LogP contribution in [0, 0.1) is 0 Å². The summed E-state index contributed by atoms with van der Waals surface area (Å²) in [5.41, 5.74) is -0.0143. The van der Waals surface area contributed by atoms with E-state index in [4.69, 9.17) is 10.2 Å². The normalized spacial score (nSPS) is 11.9. The van der Waals surface area contributed by atoms with Crippen LogP contribution in [0.4, 0.5) is 0 Å². The van der Waals surface area contributed by atoms with Crippen LogP contribution in [0.3, 0.4) is 0 Å². The Balaban J connectivity index is 5.58. The number of carbonyl (C=O) groups is 3. The van der Waals surface area contributed by atoms with Crippen LogP contribution in [0.15, 0.2) is 36.2 Å². The van der Waals surface area contributed by atoms with Crippen molar-refractivity contribution in [3.63, 3.8) is 0 Å². The van der Waals surface area contributed by atoms with Gasteiger partial charge in [0.25, 0.3) is 5.91 Å². The van der Waals surface area contributed by atoms with Gasteiger partial charge in [-0.05, 0) is 18.9 Å². The molecule has 0 aliphatic carbocycles. The number of carboxylic acid groups (broad SMARTS) is 2. The smallest absolute Gasteiger partial charge is 0.333 e. The molecule has 1 amide bonds. The Morgan fingerprint density at radius 3 is 1.58 bits per heavy atom. The summed E-state index contributed by atoms with van der Waals surface area (Å²) < 4.78 is 0. The number of nitrogens with zero attached hydrogens (tertiary/aromatic N) is 1. The first-order valence-electron chi connectivity index (χ1n) is 5.70. The molecular weight excluding hydrogens is 250 g/mol. The van der Waals surface area contributed by atoms with Crippen molar-refractivity contribution in [3.8, 4) is 0 Å². The summed E-state index contributed by atoms with van der Waals surface area (Å²) in [7, 11) is 0. The van der Waals surface area contributed by atoms with Crippen LogP contribution >= 0.6 is 0 Å². The van der Waals surface area contributed by atoms with Crippen molar-refractivity contribution in [3.05, 3.63) is 36.2 Å². The highest BCUT2D eigenvalue weighted by atomic mass is 16.4. The molecule has 0 aromatic carbocycles. The zero-order valence-electron chi connectivity index (χ0n) is 10.9. The molecule has 6 nitrogen and oxygen atoms in total. The highest BCUT2D eigenvalue weighted by Gasteiger charge is 2.13. The summed E-state index contributed by atoms with van der Waals surface area (Å²) in [5, 5.41) is 17.8. The van der Waals surface area contributed by atoms with Crippen molar-refractivity contribution in [2.24, 2.45) is 0 Å². The van der Waals surface area contributed by atoms with Gasteiger partial charge in [-0.25, -0.2) is 9.59 Å². The largest absolute Gasteiger partial charge is 0.478 e. The minimum Gasteiger partial charge on any atom is -0.478 e. The van der Waals surface area contributed by atoms with Crippen LogP contribution in [0.1, 0.15) is 26.7 Å². The minimum atomic E-state index is -1.16. The van der Waals surface area contributed by atoms with E-state index in [0.29, 0.717) is 0 Å². The third kappa shape index (κ3) is 5.20. The Morgan fingerprint density at radius 1 is 1.00 bits per heavy atom. The zero-order valence-corrected chi connectivity index (χ0v) is 10.9. The standard InChI is InChI=1S/C13H17NO5/c1-4-9(12(16)17)7-14(11(15)6-3)8-10(5-2)13(18)19/h6-8H,3-5H2,1-2H3,(H,16,17)(H,18,19). The molecule has 0 radical (unpaired) electrons. The fourth-order valence-corrected chi connectivity index (χ4v) is 1.20. The van der Waals surface area contributed by atoms with Crippen LogP contribution in [-0.4, -0.2) is 33.0 Å². The molecule has 2 N–H and O–H groups in total. The quantitative estimate of drug-likeness (QED) is 0.685. The highest BCUT2D eigenvalue weighted by Crippen LogP contribution is 2.09. The number of hydrogen-bond donors (Lipinski definition) is 2. The Kier molecular flexibility index (Phi) is 6.88. The van der Waals surface area contributed by atoms with Crippen LogP contribution in [0.25, 0.3) is 0 Å². The first-order valence-corrected chi connectivity index (χ1v) is 5.70. The van der Waals surface area contributed by atoms with Crippen LogP contribution in [0.5, 0.6) is 0 Å². The average molecular weight is 267 g/mol. The third-order valence-corrected chi connectivity index (χ3v) is 2.33. The Morgan fingerprint density at radius 2 is 1.37 bits per heavy atom. The highest BCUT2D eigenvalue weighted by molar-refractivity contribution is 5.93. The van der Waals surface area contributed by atoms with Crippen molar-refractivity contribution in [1.82, 2.24) is 4.90 Å². The molecule has 6 heteroatoms. The van der Waals surface area contributed by atoms with E-state index in [1.165, 1.54) is 0 Å². The molecule has 0 aromatic rings. The molecule has 0 spiro atoms. The van der Waals surface area contributed by atoms with Gasteiger partial charge in [0.15, 0.2) is 0 Å². The van der Waals surface area contributed by atoms with Gasteiger partial charge in [-0.2, -0.15) is 0 Å². The van der Waals surface area contributed by atoms with Crippen molar-refractivity contribution >= 4 is 17.8 Å². The molecule has 0 aliphatic rings. The number of amides is 1. The van der Waals surface area contributed by atoms with Crippen LogP contribution in [0.2, 0.25) is 0 Å². The molecular formula is C13H17NO5. The molecule has 19 heavy (non-hydrogen) atoms. The lowest BCUT2D eigenvalue weighted by Gasteiger charge is -2.14. The van der Waals surface area contributed by atoms with E-state index in [2.05, 4.69) is 6.58 Å². The van der Waals surface area contributed by atoms with E-state index in [1.54, 1.807) is 13.8 Å². The van der Waals surface area contributed by atoms with Gasteiger partial charge in [0, 0.05) is 12.4 Å². The van der Waals surface area contributed by atoms with Gasteiger partial charge in [0.05, 0.1) is 11.1 Å². The molecule has 0 fully saturated rings. The molecule has 0 saturated heterocycles. The molecule has 104 valence electrons. The van der Waals surface area contributed by atoms with Gasteiger partial charge < -0.3 is 10.2 Å². The van der Waals surface area contributed by atoms with Gasteiger partial charge in [-0.3, -0.25) is 9.69 Å². The second kappa shape index (κ2) is 7.86. The van der Waals surface area contributed by atoms with Crippen molar-refractivity contribution in [2.75, 3.05) is 0 Å². The van der Waals surface area contributed by atoms with Crippen molar-refractivity contribution < 1.29 is 24.6 Å². The molecule has 0 heterocycles. The topological polar surface area (TPSA) is 94.9 Å². The van der Waals surface area contributed by atoms with E-state index in [9.17, 15) is 14.4 Å². The van der Waals surface area contributed by atoms with E-state index < -0.39 is 17.8 Å². The monoisotopic (exact) mass is 267 g/mol. The Labute approximate surface area is 111 Å². The van der Waals surface area contributed by atoms with Crippen LogP contribution in [-0.2, 0) is 14.4 Å². The minimum absolute atomic E-state index is 0.00714. The fraction of sp³-hybridized carbons (Fsp3) is 0.308. The van der Waals surface area contributed by atoms with Crippen molar-refractivity contribution in [1.29, 1.82) is 0 Å². The summed E-state index contributed by atoms with van der Waals surface area (Å²) in [6.45, 7) is 6.54. The molecule has 0 atom stereocenters. The van der Waals surface area contributed by atoms with Gasteiger partial charge in [0.1, 0.15) is 0 Å².